The second-order valence-electron chi connectivity index (χ2n) is 8.30. The van der Waals surface area contributed by atoms with Crippen molar-refractivity contribution in [3.8, 4) is 0 Å². The minimum atomic E-state index is -0.321. The van der Waals surface area contributed by atoms with Crippen LogP contribution in [-0.2, 0) is 11.2 Å². The number of imide groups is 1. The molecule has 2 aliphatic heterocycles. The molecule has 4 heterocycles. The summed E-state index contributed by atoms with van der Waals surface area (Å²) in [7, 11) is 0. The molecule has 1 aromatic carbocycles. The van der Waals surface area contributed by atoms with Crippen LogP contribution in [0.2, 0.25) is 0 Å². The third-order valence-corrected chi connectivity index (χ3v) is 7.42. The topological polar surface area (TPSA) is 86.7 Å². The second-order valence-corrected chi connectivity index (χ2v) is 9.42. The number of hydrogen-bond acceptors (Lipinski definition) is 7. The molecule has 1 saturated heterocycles. The summed E-state index contributed by atoms with van der Waals surface area (Å²) in [5, 5.41) is 1.08. The van der Waals surface area contributed by atoms with E-state index in [2.05, 4.69) is 22.9 Å². The molecule has 5 rings (SSSR count). The molecule has 0 aliphatic carbocycles. The van der Waals surface area contributed by atoms with Gasteiger partial charge in [-0.25, -0.2) is 9.97 Å². The van der Waals surface area contributed by atoms with Crippen molar-refractivity contribution in [2.24, 2.45) is 0 Å². The molecule has 0 N–H and O–H groups in total. The van der Waals surface area contributed by atoms with Gasteiger partial charge < -0.3 is 9.80 Å². The Morgan fingerprint density at radius 3 is 2.33 bits per heavy atom. The van der Waals surface area contributed by atoms with Crippen molar-refractivity contribution in [1.29, 1.82) is 0 Å². The van der Waals surface area contributed by atoms with E-state index in [9.17, 15) is 14.4 Å². The summed E-state index contributed by atoms with van der Waals surface area (Å²) in [6, 6.07) is 8.96. The standard InChI is InChI=1S/C24H25N5O3S/c1-3-16-14-19-21(25-15(2)26-22(19)33-16)28-12-10-27(11-13-28)20(30)8-9-29-23(31)17-6-4-5-7-18(17)24(29)32/h4-7,14H,3,8-13H2,1-2H3. The molecule has 3 aromatic rings. The van der Waals surface area contributed by atoms with Gasteiger partial charge in [0.1, 0.15) is 16.5 Å². The largest absolute Gasteiger partial charge is 0.352 e. The van der Waals surface area contributed by atoms with E-state index in [0.29, 0.717) is 37.3 Å². The smallest absolute Gasteiger partial charge is 0.261 e. The Kier molecular flexibility index (Phi) is 5.57. The first-order chi connectivity index (χ1) is 16.0. The van der Waals surface area contributed by atoms with E-state index in [1.807, 2.05) is 11.8 Å². The van der Waals surface area contributed by atoms with Crippen LogP contribution in [0.5, 0.6) is 0 Å². The SMILES string of the molecule is CCc1cc2c(N3CCN(C(=O)CCN4C(=O)c5ccccc5C4=O)CC3)nc(C)nc2s1. The zero-order valence-electron chi connectivity index (χ0n) is 18.7. The molecule has 0 saturated carbocycles. The summed E-state index contributed by atoms with van der Waals surface area (Å²) in [6.07, 6.45) is 1.10. The highest BCUT2D eigenvalue weighted by molar-refractivity contribution is 7.18. The Balaban J connectivity index is 1.21. The Hall–Kier alpha value is -3.33. The number of aryl methyl sites for hydroxylation is 2. The number of rotatable bonds is 5. The molecule has 0 radical (unpaired) electrons. The Morgan fingerprint density at radius 2 is 1.70 bits per heavy atom. The van der Waals surface area contributed by atoms with E-state index in [1.54, 1.807) is 35.6 Å². The van der Waals surface area contributed by atoms with Crippen LogP contribution in [-0.4, -0.2) is 70.2 Å². The first-order valence-corrected chi connectivity index (χ1v) is 12.0. The van der Waals surface area contributed by atoms with Crippen LogP contribution in [0.1, 0.15) is 44.8 Å². The van der Waals surface area contributed by atoms with Gasteiger partial charge in [-0.2, -0.15) is 0 Å². The molecule has 1 fully saturated rings. The normalized spacial score (nSPS) is 16.1. The van der Waals surface area contributed by atoms with Crippen molar-refractivity contribution in [2.75, 3.05) is 37.6 Å². The maximum Gasteiger partial charge on any atom is 0.261 e. The molecule has 2 aromatic heterocycles. The lowest BCUT2D eigenvalue weighted by Crippen LogP contribution is -2.49. The molecular weight excluding hydrogens is 438 g/mol. The molecule has 0 bridgehead atoms. The highest BCUT2D eigenvalue weighted by Crippen LogP contribution is 2.32. The van der Waals surface area contributed by atoms with Crippen LogP contribution in [0.3, 0.4) is 0 Å². The van der Waals surface area contributed by atoms with E-state index >= 15 is 0 Å². The predicted molar refractivity (Wildman–Crippen MR) is 127 cm³/mol. The Bertz CT molecular complexity index is 1230. The fraction of sp³-hybridized carbons (Fsp3) is 0.375. The van der Waals surface area contributed by atoms with E-state index in [4.69, 9.17) is 4.98 Å². The number of carbonyl (C=O) groups is 3. The summed E-state index contributed by atoms with van der Waals surface area (Å²) in [4.78, 5) is 54.7. The predicted octanol–water partition coefficient (Wildman–Crippen LogP) is 2.90. The number of piperazine rings is 1. The summed E-state index contributed by atoms with van der Waals surface area (Å²) in [5.74, 6) is 1.00. The van der Waals surface area contributed by atoms with Gasteiger partial charge in [0, 0.05) is 44.0 Å². The highest BCUT2D eigenvalue weighted by Gasteiger charge is 2.35. The van der Waals surface area contributed by atoms with Crippen molar-refractivity contribution in [1.82, 2.24) is 19.8 Å². The molecule has 33 heavy (non-hydrogen) atoms. The fourth-order valence-electron chi connectivity index (χ4n) is 4.45. The van der Waals surface area contributed by atoms with Gasteiger partial charge in [0.15, 0.2) is 0 Å². The van der Waals surface area contributed by atoms with Gasteiger partial charge in [-0.3, -0.25) is 19.3 Å². The van der Waals surface area contributed by atoms with Crippen molar-refractivity contribution >= 4 is 45.1 Å². The number of thiophene rings is 1. The number of carbonyl (C=O) groups excluding carboxylic acids is 3. The number of benzene rings is 1. The molecule has 9 heteroatoms. The molecule has 0 atom stereocenters. The van der Waals surface area contributed by atoms with Gasteiger partial charge in [-0.1, -0.05) is 19.1 Å². The number of aromatic nitrogens is 2. The zero-order valence-corrected chi connectivity index (χ0v) is 19.5. The monoisotopic (exact) mass is 463 g/mol. The van der Waals surface area contributed by atoms with E-state index in [1.165, 1.54) is 9.78 Å². The van der Waals surface area contributed by atoms with Crippen LogP contribution in [0.25, 0.3) is 10.2 Å². The first-order valence-electron chi connectivity index (χ1n) is 11.2. The third kappa shape index (κ3) is 3.86. The van der Waals surface area contributed by atoms with E-state index in [-0.39, 0.29) is 30.7 Å². The fourth-order valence-corrected chi connectivity index (χ4v) is 5.46. The average Bonchev–Trinajstić information content (AvgIpc) is 3.36. The molecule has 0 unspecified atom stereocenters. The van der Waals surface area contributed by atoms with Crippen molar-refractivity contribution in [2.45, 2.75) is 26.7 Å². The number of amides is 3. The average molecular weight is 464 g/mol. The number of hydrogen-bond donors (Lipinski definition) is 0. The Labute approximate surface area is 195 Å². The number of fused-ring (bicyclic) bond motifs is 2. The van der Waals surface area contributed by atoms with Crippen molar-refractivity contribution in [3.63, 3.8) is 0 Å². The number of nitrogens with zero attached hydrogens (tertiary/aromatic N) is 5. The maximum atomic E-state index is 12.8. The highest BCUT2D eigenvalue weighted by atomic mass is 32.1. The number of anilines is 1. The molecular formula is C24H25N5O3S. The molecule has 0 spiro atoms. The van der Waals surface area contributed by atoms with Crippen LogP contribution in [0, 0.1) is 6.92 Å². The van der Waals surface area contributed by atoms with Gasteiger partial charge in [0.25, 0.3) is 11.8 Å². The summed E-state index contributed by atoms with van der Waals surface area (Å²) in [6.45, 7) is 6.67. The van der Waals surface area contributed by atoms with Gasteiger partial charge in [-0.05, 0) is 31.5 Å². The summed E-state index contributed by atoms with van der Waals surface area (Å²) in [5.41, 5.74) is 0.823. The molecule has 2 aliphatic rings. The molecule has 170 valence electrons. The lowest BCUT2D eigenvalue weighted by molar-refractivity contribution is -0.131. The van der Waals surface area contributed by atoms with E-state index < -0.39 is 0 Å². The minimum Gasteiger partial charge on any atom is -0.352 e. The molecule has 8 nitrogen and oxygen atoms in total. The summed E-state index contributed by atoms with van der Waals surface area (Å²) >= 11 is 1.71. The van der Waals surface area contributed by atoms with E-state index in [0.717, 1.165) is 28.3 Å². The third-order valence-electron chi connectivity index (χ3n) is 6.24. The lowest BCUT2D eigenvalue weighted by atomic mass is 10.1. The first kappa shape index (κ1) is 21.5. The van der Waals surface area contributed by atoms with Gasteiger partial charge in [0.05, 0.1) is 16.5 Å². The second kappa shape index (κ2) is 8.55. The van der Waals surface area contributed by atoms with Gasteiger partial charge in [-0.15, -0.1) is 11.3 Å². The minimum absolute atomic E-state index is 0.0426. The summed E-state index contributed by atoms with van der Waals surface area (Å²) < 4.78 is 0. The van der Waals surface area contributed by atoms with Crippen LogP contribution in [0.4, 0.5) is 5.82 Å². The molecule has 3 amide bonds. The van der Waals surface area contributed by atoms with Gasteiger partial charge in [0.2, 0.25) is 5.91 Å². The quantitative estimate of drug-likeness (QED) is 0.541. The van der Waals surface area contributed by atoms with Gasteiger partial charge >= 0.3 is 0 Å². The van der Waals surface area contributed by atoms with Crippen molar-refractivity contribution < 1.29 is 14.4 Å². The zero-order chi connectivity index (χ0) is 23.1. The van der Waals surface area contributed by atoms with Crippen LogP contribution >= 0.6 is 11.3 Å². The van der Waals surface area contributed by atoms with Crippen LogP contribution < -0.4 is 4.90 Å². The van der Waals surface area contributed by atoms with Crippen LogP contribution in [0.15, 0.2) is 30.3 Å². The Morgan fingerprint density at radius 1 is 1.03 bits per heavy atom. The maximum absolute atomic E-state index is 12.8. The lowest BCUT2D eigenvalue weighted by Gasteiger charge is -2.36. The van der Waals surface area contributed by atoms with Crippen molar-refractivity contribution in [3.05, 3.63) is 52.2 Å².